The van der Waals surface area contributed by atoms with Gasteiger partial charge >= 0.3 is 0 Å². The fourth-order valence-corrected chi connectivity index (χ4v) is 5.80. The van der Waals surface area contributed by atoms with Crippen LogP contribution in [-0.4, -0.2) is 11.4 Å². The summed E-state index contributed by atoms with van der Waals surface area (Å²) < 4.78 is 1.02. The number of carbonyl (C=O) groups is 1. The Morgan fingerprint density at radius 2 is 1.76 bits per heavy atom. The minimum absolute atomic E-state index is 0.156. The molecule has 112 valence electrons. The van der Waals surface area contributed by atoms with Crippen LogP contribution in [0.4, 0.5) is 5.69 Å². The normalized spacial score (nSPS) is 40.2. The molecule has 4 saturated carbocycles. The lowest BCUT2D eigenvalue weighted by Gasteiger charge is -2.60. The number of amides is 1. The maximum Gasteiger partial charge on any atom is 0.243 e. The first-order chi connectivity index (χ1) is 10.1. The van der Waals surface area contributed by atoms with Gasteiger partial charge in [-0.1, -0.05) is 22.0 Å². The maximum atomic E-state index is 12.4. The Bertz CT molecular complexity index is 558. The van der Waals surface area contributed by atoms with Crippen molar-refractivity contribution in [1.82, 2.24) is 0 Å². The van der Waals surface area contributed by atoms with Gasteiger partial charge in [0.1, 0.15) is 5.54 Å². The summed E-state index contributed by atoms with van der Waals surface area (Å²) in [5.41, 5.74) is 6.39. The van der Waals surface area contributed by atoms with Crippen molar-refractivity contribution in [3.05, 3.63) is 28.7 Å². The molecule has 1 aromatic rings. The average Bonchev–Trinajstić information content (AvgIpc) is 2.42. The van der Waals surface area contributed by atoms with Crippen LogP contribution < -0.4 is 11.1 Å². The third kappa shape index (κ3) is 2.02. The summed E-state index contributed by atoms with van der Waals surface area (Å²) in [6.07, 6.45) is 6.03. The highest BCUT2D eigenvalue weighted by molar-refractivity contribution is 9.10. The first kappa shape index (κ1) is 13.6. The largest absolute Gasteiger partial charge is 0.371 e. The molecule has 0 aromatic heterocycles. The highest BCUT2D eigenvalue weighted by atomic mass is 79.9. The van der Waals surface area contributed by atoms with E-state index in [2.05, 4.69) is 21.2 Å². The fraction of sp³-hybridized carbons (Fsp3) is 0.588. The number of carbonyl (C=O) groups excluding carboxylic acids is 1. The first-order valence-electron chi connectivity index (χ1n) is 7.91. The Hall–Kier alpha value is -1.03. The van der Waals surface area contributed by atoms with Gasteiger partial charge in [-0.3, -0.25) is 4.79 Å². The van der Waals surface area contributed by atoms with Crippen molar-refractivity contribution in [2.24, 2.45) is 29.4 Å². The summed E-state index contributed by atoms with van der Waals surface area (Å²) in [5.74, 6) is 2.31. The number of rotatable bonds is 3. The molecule has 4 aliphatic rings. The van der Waals surface area contributed by atoms with Crippen LogP contribution in [-0.2, 0) is 4.79 Å². The third-order valence-electron chi connectivity index (χ3n) is 6.01. The van der Waals surface area contributed by atoms with Gasteiger partial charge in [-0.05, 0) is 74.0 Å². The van der Waals surface area contributed by atoms with Crippen LogP contribution in [0.25, 0.3) is 0 Å². The van der Waals surface area contributed by atoms with Crippen molar-refractivity contribution in [3.63, 3.8) is 0 Å². The summed E-state index contributed by atoms with van der Waals surface area (Å²) >= 11 is 3.50. The van der Waals surface area contributed by atoms with E-state index in [4.69, 9.17) is 5.73 Å². The topological polar surface area (TPSA) is 55.1 Å². The second-order valence-electron chi connectivity index (χ2n) is 7.17. The Morgan fingerprint density at radius 3 is 2.29 bits per heavy atom. The minimum Gasteiger partial charge on any atom is -0.371 e. The van der Waals surface area contributed by atoms with Crippen LogP contribution in [0.1, 0.15) is 32.1 Å². The zero-order valence-corrected chi connectivity index (χ0v) is 13.6. The number of halogens is 1. The number of nitrogens with two attached hydrogens (primary N) is 1. The Kier molecular flexibility index (Phi) is 3.07. The molecule has 4 heteroatoms. The van der Waals surface area contributed by atoms with E-state index in [0.29, 0.717) is 11.8 Å². The number of hydrogen-bond acceptors (Lipinski definition) is 2. The van der Waals surface area contributed by atoms with Crippen LogP contribution in [0.5, 0.6) is 0 Å². The van der Waals surface area contributed by atoms with E-state index < -0.39 is 5.54 Å². The predicted octanol–water partition coefficient (Wildman–Crippen LogP) is 3.54. The van der Waals surface area contributed by atoms with Gasteiger partial charge in [0.2, 0.25) is 5.91 Å². The van der Waals surface area contributed by atoms with Gasteiger partial charge in [-0.25, -0.2) is 0 Å². The minimum atomic E-state index is -0.534. The molecule has 4 aliphatic carbocycles. The number of primary amides is 1. The van der Waals surface area contributed by atoms with Crippen LogP contribution in [0.15, 0.2) is 28.7 Å². The summed E-state index contributed by atoms with van der Waals surface area (Å²) in [6, 6.07) is 8.06. The molecule has 0 spiro atoms. The average molecular weight is 349 g/mol. The van der Waals surface area contributed by atoms with E-state index in [1.54, 1.807) is 0 Å². The standard InChI is InChI=1S/C17H21BrN2O/c18-14-2-1-3-15(9-14)20-17(16(19)21)12-5-10-4-11(7-12)8-13(17)6-10/h1-3,9-13,20H,4-8H2,(H2,19,21). The van der Waals surface area contributed by atoms with Crippen LogP contribution in [0.2, 0.25) is 0 Å². The number of benzene rings is 1. The third-order valence-corrected chi connectivity index (χ3v) is 6.50. The summed E-state index contributed by atoms with van der Waals surface area (Å²) in [5, 5.41) is 3.57. The number of hydrogen-bond donors (Lipinski definition) is 2. The van der Waals surface area contributed by atoms with E-state index in [1.165, 1.54) is 6.42 Å². The molecule has 0 atom stereocenters. The molecule has 1 aromatic carbocycles. The lowest BCUT2D eigenvalue weighted by Crippen LogP contribution is -2.67. The second kappa shape index (κ2) is 4.73. The van der Waals surface area contributed by atoms with Crippen molar-refractivity contribution in [2.45, 2.75) is 37.6 Å². The van der Waals surface area contributed by atoms with Gasteiger partial charge in [0.05, 0.1) is 0 Å². The molecule has 0 aliphatic heterocycles. The molecule has 0 unspecified atom stereocenters. The maximum absolute atomic E-state index is 12.4. The van der Waals surface area contributed by atoms with Crippen LogP contribution in [0, 0.1) is 23.7 Å². The van der Waals surface area contributed by atoms with E-state index in [9.17, 15) is 4.79 Å². The molecule has 4 bridgehead atoms. The SMILES string of the molecule is NC(=O)C1(Nc2cccc(Br)c2)C2CC3CC(C2)CC1C3. The second-order valence-corrected chi connectivity index (χ2v) is 8.09. The molecular weight excluding hydrogens is 328 g/mol. The highest BCUT2D eigenvalue weighted by Gasteiger charge is 2.60. The van der Waals surface area contributed by atoms with Crippen LogP contribution in [0.3, 0.4) is 0 Å². The molecule has 1 amide bonds. The van der Waals surface area contributed by atoms with Crippen molar-refractivity contribution >= 4 is 27.5 Å². The molecule has 3 N–H and O–H groups in total. The Labute approximate surface area is 133 Å². The molecule has 0 saturated heterocycles. The highest BCUT2D eigenvalue weighted by Crippen LogP contribution is 2.59. The van der Waals surface area contributed by atoms with E-state index >= 15 is 0 Å². The number of nitrogens with one attached hydrogen (secondary N) is 1. The van der Waals surface area contributed by atoms with Gasteiger partial charge in [0.15, 0.2) is 0 Å². The lowest BCUT2D eigenvalue weighted by molar-refractivity contribution is -0.136. The van der Waals surface area contributed by atoms with E-state index in [0.717, 1.165) is 47.7 Å². The van der Waals surface area contributed by atoms with Gasteiger partial charge in [-0.15, -0.1) is 0 Å². The van der Waals surface area contributed by atoms with Crippen molar-refractivity contribution in [2.75, 3.05) is 5.32 Å². The predicted molar refractivity (Wildman–Crippen MR) is 86.7 cm³/mol. The van der Waals surface area contributed by atoms with Gasteiger partial charge in [0, 0.05) is 10.2 Å². The van der Waals surface area contributed by atoms with E-state index in [-0.39, 0.29) is 5.91 Å². The smallest absolute Gasteiger partial charge is 0.243 e. The fourth-order valence-electron chi connectivity index (χ4n) is 5.40. The summed E-state index contributed by atoms with van der Waals surface area (Å²) in [4.78, 5) is 12.4. The molecule has 0 heterocycles. The molecular formula is C17H21BrN2O. The van der Waals surface area contributed by atoms with Gasteiger partial charge in [-0.2, -0.15) is 0 Å². The molecule has 5 rings (SSSR count). The molecule has 4 fully saturated rings. The number of anilines is 1. The first-order valence-corrected chi connectivity index (χ1v) is 8.71. The Balaban J connectivity index is 1.72. The quantitative estimate of drug-likeness (QED) is 0.877. The molecule has 21 heavy (non-hydrogen) atoms. The van der Waals surface area contributed by atoms with Crippen molar-refractivity contribution in [3.8, 4) is 0 Å². The van der Waals surface area contributed by atoms with E-state index in [1.807, 2.05) is 24.3 Å². The molecule has 3 nitrogen and oxygen atoms in total. The van der Waals surface area contributed by atoms with Gasteiger partial charge in [0.25, 0.3) is 0 Å². The lowest BCUT2D eigenvalue weighted by atomic mass is 9.48. The van der Waals surface area contributed by atoms with Crippen molar-refractivity contribution < 1.29 is 4.79 Å². The summed E-state index contributed by atoms with van der Waals surface area (Å²) in [7, 11) is 0. The Morgan fingerprint density at radius 1 is 1.14 bits per heavy atom. The zero-order chi connectivity index (χ0) is 14.6. The zero-order valence-electron chi connectivity index (χ0n) is 12.0. The molecule has 0 radical (unpaired) electrons. The van der Waals surface area contributed by atoms with Gasteiger partial charge < -0.3 is 11.1 Å². The monoisotopic (exact) mass is 348 g/mol. The summed E-state index contributed by atoms with van der Waals surface area (Å²) in [6.45, 7) is 0. The van der Waals surface area contributed by atoms with Crippen LogP contribution >= 0.6 is 15.9 Å². The van der Waals surface area contributed by atoms with Crippen molar-refractivity contribution in [1.29, 1.82) is 0 Å².